The molecule has 0 saturated heterocycles. The molecule has 0 aliphatic heterocycles. The summed E-state index contributed by atoms with van der Waals surface area (Å²) >= 11 is 3.11. The summed E-state index contributed by atoms with van der Waals surface area (Å²) in [7, 11) is 0. The van der Waals surface area contributed by atoms with E-state index in [4.69, 9.17) is 0 Å². The Balaban J connectivity index is 1.66. The first-order chi connectivity index (χ1) is 12.4. The maximum atomic E-state index is 12.3. The van der Waals surface area contributed by atoms with E-state index in [9.17, 15) is 10.1 Å². The summed E-state index contributed by atoms with van der Waals surface area (Å²) in [5.74, 6) is 1.07. The average molecular weight is 390 g/mol. The van der Waals surface area contributed by atoms with Crippen LogP contribution in [0.1, 0.15) is 50.4 Å². The second-order valence-corrected chi connectivity index (χ2v) is 9.04. The van der Waals surface area contributed by atoms with Crippen molar-refractivity contribution in [2.75, 3.05) is 5.75 Å². The number of nitriles is 1. The largest absolute Gasteiger partial charge is 0.337 e. The van der Waals surface area contributed by atoms with Gasteiger partial charge in [-0.2, -0.15) is 5.26 Å². The van der Waals surface area contributed by atoms with Crippen LogP contribution in [0.25, 0.3) is 0 Å². The summed E-state index contributed by atoms with van der Waals surface area (Å²) in [4.78, 5) is 13.6. The van der Waals surface area contributed by atoms with Gasteiger partial charge in [-0.05, 0) is 37.1 Å². The van der Waals surface area contributed by atoms with Crippen molar-refractivity contribution in [3.05, 3.63) is 28.2 Å². The minimum Gasteiger partial charge on any atom is -0.337 e. The Morgan fingerprint density at radius 2 is 2.31 bits per heavy atom. The molecule has 0 radical (unpaired) electrons. The molecular weight excluding hydrogens is 366 g/mol. The third kappa shape index (κ3) is 4.27. The van der Waals surface area contributed by atoms with Crippen molar-refractivity contribution in [1.29, 1.82) is 5.26 Å². The quantitative estimate of drug-likeness (QED) is 0.700. The SMILES string of the molecule is CC(C)[C@@](C)(C#N)NC(=O)CSc1nnc(Cc2cccs2)n1C1CC1. The molecule has 1 N–H and O–H groups in total. The standard InChI is InChI=1S/C18H23N5OS2/c1-12(2)18(3,11-19)20-16(24)10-26-17-22-21-15(23(17)13-6-7-13)9-14-5-4-8-25-14/h4-5,8,12-13H,6-7,9-10H2,1-3H3,(H,20,24)/t18-/m1/s1. The van der Waals surface area contributed by atoms with Crippen LogP contribution in [-0.2, 0) is 11.2 Å². The molecule has 0 spiro atoms. The van der Waals surface area contributed by atoms with Gasteiger partial charge in [-0.15, -0.1) is 21.5 Å². The van der Waals surface area contributed by atoms with Crippen molar-refractivity contribution in [3.63, 3.8) is 0 Å². The highest BCUT2D eigenvalue weighted by Crippen LogP contribution is 2.39. The van der Waals surface area contributed by atoms with Crippen LogP contribution >= 0.6 is 23.1 Å². The number of nitrogens with one attached hydrogen (secondary N) is 1. The molecule has 1 saturated carbocycles. The number of aromatic nitrogens is 3. The molecule has 0 aromatic carbocycles. The van der Waals surface area contributed by atoms with Crippen molar-refractivity contribution >= 4 is 29.0 Å². The Bertz CT molecular complexity index is 804. The van der Waals surface area contributed by atoms with Crippen molar-refractivity contribution in [2.24, 2.45) is 5.92 Å². The Kier molecular flexibility index (Phi) is 5.68. The molecule has 0 unspecified atom stereocenters. The topological polar surface area (TPSA) is 83.6 Å². The van der Waals surface area contributed by atoms with Gasteiger partial charge < -0.3 is 9.88 Å². The smallest absolute Gasteiger partial charge is 0.231 e. The molecule has 8 heteroatoms. The van der Waals surface area contributed by atoms with Crippen LogP contribution in [0.15, 0.2) is 22.7 Å². The first kappa shape index (κ1) is 18.9. The lowest BCUT2D eigenvalue weighted by atomic mass is 9.90. The summed E-state index contributed by atoms with van der Waals surface area (Å²) < 4.78 is 2.18. The molecule has 1 fully saturated rings. The predicted molar refractivity (Wildman–Crippen MR) is 103 cm³/mol. The zero-order valence-corrected chi connectivity index (χ0v) is 16.9. The summed E-state index contributed by atoms with van der Waals surface area (Å²) in [6.07, 6.45) is 3.04. The number of hydrogen-bond donors (Lipinski definition) is 1. The molecule has 2 heterocycles. The highest BCUT2D eigenvalue weighted by molar-refractivity contribution is 7.99. The van der Waals surface area contributed by atoms with Crippen molar-refractivity contribution in [1.82, 2.24) is 20.1 Å². The molecule has 1 amide bonds. The Hall–Kier alpha value is -1.85. The van der Waals surface area contributed by atoms with E-state index < -0.39 is 5.54 Å². The van der Waals surface area contributed by atoms with E-state index in [2.05, 4.69) is 37.6 Å². The lowest BCUT2D eigenvalue weighted by molar-refractivity contribution is -0.120. The number of rotatable bonds is 8. The second-order valence-electron chi connectivity index (χ2n) is 7.06. The molecule has 2 aromatic heterocycles. The average Bonchev–Trinajstić information content (AvgIpc) is 3.16. The molecular formula is C18H23N5OS2. The van der Waals surface area contributed by atoms with Crippen LogP contribution in [0.5, 0.6) is 0 Å². The second kappa shape index (κ2) is 7.80. The lowest BCUT2D eigenvalue weighted by Gasteiger charge is -2.27. The third-order valence-corrected chi connectivity index (χ3v) is 6.50. The van der Waals surface area contributed by atoms with Gasteiger partial charge in [0.2, 0.25) is 5.91 Å². The first-order valence-corrected chi connectivity index (χ1v) is 10.6. The van der Waals surface area contributed by atoms with Gasteiger partial charge in [0.1, 0.15) is 11.4 Å². The third-order valence-electron chi connectivity index (χ3n) is 4.68. The van der Waals surface area contributed by atoms with E-state index in [1.54, 1.807) is 18.3 Å². The van der Waals surface area contributed by atoms with Crippen LogP contribution in [0.4, 0.5) is 0 Å². The van der Waals surface area contributed by atoms with Crippen LogP contribution < -0.4 is 5.32 Å². The first-order valence-electron chi connectivity index (χ1n) is 8.74. The summed E-state index contributed by atoms with van der Waals surface area (Å²) in [6.45, 7) is 5.61. The van der Waals surface area contributed by atoms with Crippen LogP contribution in [-0.4, -0.2) is 32.0 Å². The van der Waals surface area contributed by atoms with Gasteiger partial charge in [0.15, 0.2) is 5.16 Å². The predicted octanol–water partition coefficient (Wildman–Crippen LogP) is 3.41. The van der Waals surface area contributed by atoms with Gasteiger partial charge in [-0.3, -0.25) is 4.79 Å². The Morgan fingerprint density at radius 3 is 2.88 bits per heavy atom. The van der Waals surface area contributed by atoms with E-state index >= 15 is 0 Å². The van der Waals surface area contributed by atoms with E-state index in [0.29, 0.717) is 6.04 Å². The van der Waals surface area contributed by atoms with Gasteiger partial charge in [0, 0.05) is 17.3 Å². The summed E-state index contributed by atoms with van der Waals surface area (Å²) in [5.41, 5.74) is -0.855. The molecule has 1 atom stereocenters. The zero-order valence-electron chi connectivity index (χ0n) is 15.2. The molecule has 3 rings (SSSR count). The Labute approximate surface area is 162 Å². The van der Waals surface area contributed by atoms with E-state index in [-0.39, 0.29) is 17.6 Å². The summed E-state index contributed by atoms with van der Waals surface area (Å²) in [6, 6.07) is 6.79. The molecule has 26 heavy (non-hydrogen) atoms. The fourth-order valence-electron chi connectivity index (χ4n) is 2.55. The van der Waals surface area contributed by atoms with Gasteiger partial charge in [-0.25, -0.2) is 0 Å². The molecule has 1 aliphatic rings. The van der Waals surface area contributed by atoms with Crippen LogP contribution in [0.2, 0.25) is 0 Å². The normalized spacial score (nSPS) is 16.3. The number of carbonyl (C=O) groups excluding carboxylic acids is 1. The van der Waals surface area contributed by atoms with Crippen molar-refractivity contribution in [3.8, 4) is 6.07 Å². The fraction of sp³-hybridized carbons (Fsp3) is 0.556. The van der Waals surface area contributed by atoms with Crippen molar-refractivity contribution in [2.45, 2.75) is 56.8 Å². The summed E-state index contributed by atoms with van der Waals surface area (Å²) in [5, 5.41) is 23.7. The molecule has 138 valence electrons. The van der Waals surface area contributed by atoms with E-state index in [0.717, 1.165) is 30.2 Å². The van der Waals surface area contributed by atoms with E-state index in [1.807, 2.05) is 19.9 Å². The highest BCUT2D eigenvalue weighted by Gasteiger charge is 2.32. The number of carbonyl (C=O) groups is 1. The minimum absolute atomic E-state index is 0.0361. The monoisotopic (exact) mass is 389 g/mol. The highest BCUT2D eigenvalue weighted by atomic mass is 32.2. The molecule has 1 aliphatic carbocycles. The molecule has 6 nitrogen and oxygen atoms in total. The number of hydrogen-bond acceptors (Lipinski definition) is 6. The van der Waals surface area contributed by atoms with Crippen LogP contribution in [0.3, 0.4) is 0 Å². The number of thiophene rings is 1. The fourth-order valence-corrected chi connectivity index (χ4v) is 4.08. The van der Waals surface area contributed by atoms with Crippen LogP contribution in [0, 0.1) is 17.2 Å². The number of thioether (sulfide) groups is 1. The maximum Gasteiger partial charge on any atom is 0.231 e. The lowest BCUT2D eigenvalue weighted by Crippen LogP contribution is -2.49. The maximum absolute atomic E-state index is 12.3. The van der Waals surface area contributed by atoms with Gasteiger partial charge in [0.05, 0.1) is 11.8 Å². The number of nitrogens with zero attached hydrogens (tertiary/aromatic N) is 4. The van der Waals surface area contributed by atoms with Gasteiger partial charge >= 0.3 is 0 Å². The van der Waals surface area contributed by atoms with Gasteiger partial charge in [-0.1, -0.05) is 31.7 Å². The minimum atomic E-state index is -0.855. The Morgan fingerprint density at radius 1 is 1.54 bits per heavy atom. The van der Waals surface area contributed by atoms with Gasteiger partial charge in [0.25, 0.3) is 0 Å². The zero-order chi connectivity index (χ0) is 18.7. The van der Waals surface area contributed by atoms with Crippen molar-refractivity contribution < 1.29 is 4.79 Å². The molecule has 2 aromatic rings. The number of amides is 1. The van der Waals surface area contributed by atoms with E-state index in [1.165, 1.54) is 16.6 Å². The molecule has 0 bridgehead atoms.